The summed E-state index contributed by atoms with van der Waals surface area (Å²) in [6.45, 7) is 1.95. The van der Waals surface area contributed by atoms with Gasteiger partial charge in [0.2, 0.25) is 0 Å². The van der Waals surface area contributed by atoms with Crippen LogP contribution >= 0.6 is 24.0 Å². The zero-order chi connectivity index (χ0) is 16.4. The number of rotatable bonds is 3. The molecule has 5 heteroatoms. The van der Waals surface area contributed by atoms with Crippen LogP contribution < -0.4 is 0 Å². The summed E-state index contributed by atoms with van der Waals surface area (Å²) >= 11 is 6.62. The van der Waals surface area contributed by atoms with Crippen molar-refractivity contribution in [1.82, 2.24) is 4.90 Å². The predicted molar refractivity (Wildman–Crippen MR) is 96.3 cm³/mol. The summed E-state index contributed by atoms with van der Waals surface area (Å²) in [4.78, 5) is 14.8. The summed E-state index contributed by atoms with van der Waals surface area (Å²) in [5, 5.41) is 0. The topological polar surface area (TPSA) is 20.3 Å². The Morgan fingerprint density at radius 3 is 2.61 bits per heavy atom. The zero-order valence-electron chi connectivity index (χ0n) is 12.4. The lowest BCUT2D eigenvalue weighted by Crippen LogP contribution is -2.30. The van der Waals surface area contributed by atoms with Gasteiger partial charge in [0.05, 0.1) is 10.9 Å². The lowest BCUT2D eigenvalue weighted by atomic mass is 10.1. The van der Waals surface area contributed by atoms with Crippen molar-refractivity contribution < 1.29 is 9.18 Å². The number of halogens is 1. The van der Waals surface area contributed by atoms with Crippen molar-refractivity contribution in [3.05, 3.63) is 76.4 Å². The molecule has 1 aliphatic rings. The summed E-state index contributed by atoms with van der Waals surface area (Å²) in [6.07, 6.45) is 1.68. The van der Waals surface area contributed by atoms with Crippen LogP contribution in [0.2, 0.25) is 0 Å². The fraction of sp³-hybridized carbons (Fsp3) is 0.111. The number of thiocarbonyl (C=S) groups is 1. The van der Waals surface area contributed by atoms with Gasteiger partial charge in [0.15, 0.2) is 0 Å². The van der Waals surface area contributed by atoms with Crippen LogP contribution in [-0.2, 0) is 4.79 Å². The predicted octanol–water partition coefficient (Wildman–Crippen LogP) is 4.79. The van der Waals surface area contributed by atoms with Crippen LogP contribution in [0.3, 0.4) is 0 Å². The molecule has 1 heterocycles. The van der Waals surface area contributed by atoms with E-state index in [4.69, 9.17) is 12.2 Å². The van der Waals surface area contributed by atoms with E-state index in [2.05, 4.69) is 0 Å². The van der Waals surface area contributed by atoms with Gasteiger partial charge < -0.3 is 0 Å². The lowest BCUT2D eigenvalue weighted by Gasteiger charge is -2.23. The van der Waals surface area contributed by atoms with Gasteiger partial charge in [-0.1, -0.05) is 66.4 Å². The molecule has 23 heavy (non-hydrogen) atoms. The Kier molecular flexibility index (Phi) is 4.59. The maximum atomic E-state index is 13.3. The summed E-state index contributed by atoms with van der Waals surface area (Å²) in [5.41, 5.74) is 1.67. The molecule has 0 spiro atoms. The molecule has 2 aromatic carbocycles. The molecule has 1 fully saturated rings. The van der Waals surface area contributed by atoms with Gasteiger partial charge in [-0.3, -0.25) is 9.69 Å². The molecule has 0 saturated carbocycles. The zero-order valence-corrected chi connectivity index (χ0v) is 14.0. The number of carbonyl (C=O) groups excluding carboxylic acids is 1. The average molecular weight is 343 g/mol. The third-order valence-corrected chi connectivity index (χ3v) is 4.97. The second kappa shape index (κ2) is 6.64. The van der Waals surface area contributed by atoms with Crippen molar-refractivity contribution in [3.8, 4) is 0 Å². The van der Waals surface area contributed by atoms with Gasteiger partial charge in [-0.2, -0.15) is 0 Å². The molecule has 2 aromatic rings. The maximum Gasteiger partial charge on any atom is 0.266 e. The molecule has 1 saturated heterocycles. The van der Waals surface area contributed by atoms with Gasteiger partial charge in [-0.25, -0.2) is 4.39 Å². The number of hydrogen-bond donors (Lipinski definition) is 0. The van der Waals surface area contributed by atoms with Gasteiger partial charge in [-0.05, 0) is 36.3 Å². The number of amides is 1. The van der Waals surface area contributed by atoms with Crippen LogP contribution in [-0.4, -0.2) is 15.1 Å². The van der Waals surface area contributed by atoms with Gasteiger partial charge in [0.1, 0.15) is 10.1 Å². The van der Waals surface area contributed by atoms with E-state index in [9.17, 15) is 9.18 Å². The fourth-order valence-corrected chi connectivity index (χ4v) is 3.86. The molecule has 0 radical (unpaired) electrons. The Morgan fingerprint density at radius 1 is 1.17 bits per heavy atom. The van der Waals surface area contributed by atoms with Gasteiger partial charge >= 0.3 is 0 Å². The molecule has 1 aliphatic heterocycles. The largest absolute Gasteiger partial charge is 0.286 e. The highest BCUT2D eigenvalue weighted by Gasteiger charge is 2.35. The number of benzene rings is 2. The van der Waals surface area contributed by atoms with Crippen LogP contribution in [0, 0.1) is 5.82 Å². The molecule has 116 valence electrons. The Morgan fingerprint density at radius 2 is 1.91 bits per heavy atom. The minimum atomic E-state index is -0.327. The summed E-state index contributed by atoms with van der Waals surface area (Å²) < 4.78 is 13.8. The van der Waals surface area contributed by atoms with Gasteiger partial charge in [0, 0.05) is 0 Å². The Hall–Kier alpha value is -1.98. The monoisotopic (exact) mass is 343 g/mol. The van der Waals surface area contributed by atoms with E-state index in [-0.39, 0.29) is 17.8 Å². The Bertz CT molecular complexity index is 789. The first-order valence-corrected chi connectivity index (χ1v) is 8.36. The van der Waals surface area contributed by atoms with E-state index in [0.717, 1.165) is 5.56 Å². The molecule has 0 aromatic heterocycles. The van der Waals surface area contributed by atoms with Crippen LogP contribution in [0.1, 0.15) is 24.1 Å². The number of carbonyl (C=O) groups is 1. The summed E-state index contributed by atoms with van der Waals surface area (Å²) in [5.74, 6) is -0.465. The number of hydrogen-bond acceptors (Lipinski definition) is 3. The first-order valence-electron chi connectivity index (χ1n) is 7.14. The Balaban J connectivity index is 1.88. The molecule has 1 atom stereocenters. The third kappa shape index (κ3) is 3.35. The molecule has 2 nitrogen and oxygen atoms in total. The smallest absolute Gasteiger partial charge is 0.266 e. The first-order chi connectivity index (χ1) is 11.1. The SMILES string of the molecule is CC(c1ccccc1)N1C(=O)/C(=C\c2cccc(F)c2)SC1=S. The van der Waals surface area contributed by atoms with E-state index in [1.165, 1.54) is 23.9 Å². The van der Waals surface area contributed by atoms with Crippen LogP contribution in [0.4, 0.5) is 4.39 Å². The fourth-order valence-electron chi connectivity index (χ4n) is 2.44. The summed E-state index contributed by atoms with van der Waals surface area (Å²) in [6, 6.07) is 15.8. The molecule has 0 bridgehead atoms. The molecular weight excluding hydrogens is 329 g/mol. The molecule has 3 rings (SSSR count). The van der Waals surface area contributed by atoms with Gasteiger partial charge in [0.25, 0.3) is 5.91 Å². The van der Waals surface area contributed by atoms with Crippen LogP contribution in [0.15, 0.2) is 59.5 Å². The molecule has 1 unspecified atom stereocenters. The van der Waals surface area contributed by atoms with Crippen molar-refractivity contribution in [2.75, 3.05) is 0 Å². The molecular formula is C18H14FNOS2. The van der Waals surface area contributed by atoms with Crippen molar-refractivity contribution in [2.45, 2.75) is 13.0 Å². The van der Waals surface area contributed by atoms with Crippen molar-refractivity contribution in [2.24, 2.45) is 0 Å². The van der Waals surface area contributed by atoms with E-state index in [1.807, 2.05) is 37.3 Å². The average Bonchev–Trinajstić information content (AvgIpc) is 2.81. The highest BCUT2D eigenvalue weighted by Crippen LogP contribution is 2.37. The van der Waals surface area contributed by atoms with E-state index in [0.29, 0.717) is 14.8 Å². The maximum absolute atomic E-state index is 13.3. The van der Waals surface area contributed by atoms with Crippen LogP contribution in [0.25, 0.3) is 6.08 Å². The van der Waals surface area contributed by atoms with E-state index in [1.54, 1.807) is 23.1 Å². The van der Waals surface area contributed by atoms with Crippen molar-refractivity contribution in [3.63, 3.8) is 0 Å². The molecule has 1 amide bonds. The number of nitrogens with zero attached hydrogens (tertiary/aromatic N) is 1. The van der Waals surface area contributed by atoms with E-state index >= 15 is 0 Å². The lowest BCUT2D eigenvalue weighted by molar-refractivity contribution is -0.123. The first kappa shape index (κ1) is 15.9. The standard InChI is InChI=1S/C18H14FNOS2/c1-12(14-7-3-2-4-8-14)20-17(21)16(23-18(20)22)11-13-6-5-9-15(19)10-13/h2-12H,1H3/b16-11+. The Labute approximate surface area is 144 Å². The minimum Gasteiger partial charge on any atom is -0.286 e. The van der Waals surface area contributed by atoms with Crippen LogP contribution in [0.5, 0.6) is 0 Å². The molecule has 0 N–H and O–H groups in total. The highest BCUT2D eigenvalue weighted by molar-refractivity contribution is 8.26. The normalized spacial score (nSPS) is 17.8. The minimum absolute atomic E-state index is 0.137. The van der Waals surface area contributed by atoms with Gasteiger partial charge in [-0.15, -0.1) is 0 Å². The second-order valence-electron chi connectivity index (χ2n) is 5.19. The molecule has 0 aliphatic carbocycles. The summed E-state index contributed by atoms with van der Waals surface area (Å²) in [7, 11) is 0. The quantitative estimate of drug-likeness (QED) is 0.590. The van der Waals surface area contributed by atoms with Crippen molar-refractivity contribution in [1.29, 1.82) is 0 Å². The second-order valence-corrected chi connectivity index (χ2v) is 6.87. The van der Waals surface area contributed by atoms with Crippen molar-refractivity contribution >= 4 is 40.3 Å². The highest BCUT2D eigenvalue weighted by atomic mass is 32.2. The number of thioether (sulfide) groups is 1. The third-order valence-electron chi connectivity index (χ3n) is 3.64. The van der Waals surface area contributed by atoms with E-state index < -0.39 is 0 Å².